The van der Waals surface area contributed by atoms with Crippen molar-refractivity contribution >= 4 is 34.8 Å². The van der Waals surface area contributed by atoms with E-state index in [0.29, 0.717) is 26.2 Å². The summed E-state index contributed by atoms with van der Waals surface area (Å²) in [5, 5.41) is 13.6. The first-order valence-electron chi connectivity index (χ1n) is 10.6. The minimum Gasteiger partial charge on any atom is -0.495 e. The van der Waals surface area contributed by atoms with E-state index >= 15 is 0 Å². The van der Waals surface area contributed by atoms with Gasteiger partial charge in [-0.1, -0.05) is 37.6 Å². The number of hydrogen-bond donors (Lipinski definition) is 1. The van der Waals surface area contributed by atoms with Crippen molar-refractivity contribution in [2.75, 3.05) is 38.2 Å². The number of nitro benzene ring substituents is 1. The van der Waals surface area contributed by atoms with Crippen molar-refractivity contribution in [1.29, 1.82) is 0 Å². The van der Waals surface area contributed by atoms with E-state index in [4.69, 9.17) is 16.3 Å². The SMILES string of the molecule is COc1ccccc1N1CCN(C(=O)[C@@H](NC(=O)c2ccc([N+](=O)[O-])cc2Cl)C(C)C)CC1. The molecule has 33 heavy (non-hydrogen) atoms. The number of amides is 2. The van der Waals surface area contributed by atoms with Gasteiger partial charge in [-0.15, -0.1) is 0 Å². The number of anilines is 1. The molecule has 1 atom stereocenters. The Balaban J connectivity index is 1.67. The second-order valence-electron chi connectivity index (χ2n) is 8.10. The van der Waals surface area contributed by atoms with Crippen LogP contribution in [0.5, 0.6) is 5.75 Å². The highest BCUT2D eigenvalue weighted by atomic mass is 35.5. The largest absolute Gasteiger partial charge is 0.495 e. The van der Waals surface area contributed by atoms with Crippen LogP contribution in [0.25, 0.3) is 0 Å². The molecule has 2 aromatic carbocycles. The summed E-state index contributed by atoms with van der Waals surface area (Å²) in [5.41, 5.74) is 0.858. The molecular weight excluding hydrogens is 448 g/mol. The summed E-state index contributed by atoms with van der Waals surface area (Å²) in [5.74, 6) is -0.0965. The van der Waals surface area contributed by atoms with Crippen LogP contribution in [0.2, 0.25) is 5.02 Å². The predicted octanol–water partition coefficient (Wildman–Crippen LogP) is 3.36. The lowest BCUT2D eigenvalue weighted by Crippen LogP contribution is -2.56. The van der Waals surface area contributed by atoms with Gasteiger partial charge >= 0.3 is 0 Å². The van der Waals surface area contributed by atoms with Crippen LogP contribution in [0.1, 0.15) is 24.2 Å². The molecule has 1 fully saturated rings. The number of halogens is 1. The molecule has 1 saturated heterocycles. The third kappa shape index (κ3) is 5.54. The molecule has 0 unspecified atom stereocenters. The number of para-hydroxylation sites is 2. The Bertz CT molecular complexity index is 1040. The monoisotopic (exact) mass is 474 g/mol. The minimum absolute atomic E-state index is 0.0397. The third-order valence-electron chi connectivity index (χ3n) is 5.64. The van der Waals surface area contributed by atoms with Gasteiger partial charge in [0.05, 0.1) is 28.3 Å². The number of nitrogens with zero attached hydrogens (tertiary/aromatic N) is 3. The van der Waals surface area contributed by atoms with E-state index in [1.807, 2.05) is 38.1 Å². The van der Waals surface area contributed by atoms with Crippen molar-refractivity contribution in [3.05, 3.63) is 63.2 Å². The number of benzene rings is 2. The van der Waals surface area contributed by atoms with Gasteiger partial charge in [-0.3, -0.25) is 19.7 Å². The molecule has 1 N–H and O–H groups in total. The molecule has 176 valence electrons. The Morgan fingerprint density at radius 3 is 2.36 bits per heavy atom. The number of carbonyl (C=O) groups excluding carboxylic acids is 2. The number of hydrogen-bond acceptors (Lipinski definition) is 6. The molecule has 0 spiro atoms. The number of non-ortho nitro benzene ring substituents is 1. The van der Waals surface area contributed by atoms with Gasteiger partial charge in [0.2, 0.25) is 5.91 Å². The van der Waals surface area contributed by atoms with Gasteiger partial charge in [0.1, 0.15) is 11.8 Å². The van der Waals surface area contributed by atoms with Gasteiger partial charge in [0, 0.05) is 38.3 Å². The highest BCUT2D eigenvalue weighted by molar-refractivity contribution is 6.34. The zero-order chi connectivity index (χ0) is 24.1. The predicted molar refractivity (Wildman–Crippen MR) is 126 cm³/mol. The number of ether oxygens (including phenoxy) is 1. The third-order valence-corrected chi connectivity index (χ3v) is 5.96. The van der Waals surface area contributed by atoms with Crippen molar-refractivity contribution in [3.8, 4) is 5.75 Å². The molecule has 1 heterocycles. The Hall–Kier alpha value is -3.33. The molecule has 2 amide bonds. The van der Waals surface area contributed by atoms with Gasteiger partial charge in [-0.25, -0.2) is 0 Å². The first kappa shape index (κ1) is 24.3. The fourth-order valence-corrected chi connectivity index (χ4v) is 4.05. The lowest BCUT2D eigenvalue weighted by atomic mass is 10.0. The number of methoxy groups -OCH3 is 1. The summed E-state index contributed by atoms with van der Waals surface area (Å²) < 4.78 is 5.44. The molecular formula is C23H27ClN4O5. The van der Waals surface area contributed by atoms with Crippen LogP contribution in [0.4, 0.5) is 11.4 Å². The average Bonchev–Trinajstić information content (AvgIpc) is 2.81. The highest BCUT2D eigenvalue weighted by Gasteiger charge is 2.32. The molecule has 3 rings (SSSR count). The van der Waals surface area contributed by atoms with E-state index in [1.54, 1.807) is 12.0 Å². The summed E-state index contributed by atoms with van der Waals surface area (Å²) in [4.78, 5) is 40.3. The number of nitro groups is 1. The number of carbonyl (C=O) groups is 2. The summed E-state index contributed by atoms with van der Waals surface area (Å²) in [7, 11) is 1.63. The first-order chi connectivity index (χ1) is 15.7. The van der Waals surface area contributed by atoms with E-state index in [0.717, 1.165) is 17.5 Å². The quantitative estimate of drug-likeness (QED) is 0.487. The van der Waals surface area contributed by atoms with E-state index in [9.17, 15) is 19.7 Å². The van der Waals surface area contributed by atoms with Crippen molar-refractivity contribution < 1.29 is 19.2 Å². The van der Waals surface area contributed by atoms with Crippen molar-refractivity contribution in [2.24, 2.45) is 5.92 Å². The summed E-state index contributed by atoms with van der Waals surface area (Å²) in [6.07, 6.45) is 0. The average molecular weight is 475 g/mol. The Labute approximate surface area is 197 Å². The van der Waals surface area contributed by atoms with Gasteiger partial charge < -0.3 is 19.9 Å². The smallest absolute Gasteiger partial charge is 0.270 e. The van der Waals surface area contributed by atoms with Crippen LogP contribution < -0.4 is 15.0 Å². The Morgan fingerprint density at radius 1 is 1.12 bits per heavy atom. The maximum atomic E-state index is 13.2. The maximum Gasteiger partial charge on any atom is 0.270 e. The molecule has 2 aromatic rings. The van der Waals surface area contributed by atoms with Crippen molar-refractivity contribution in [1.82, 2.24) is 10.2 Å². The van der Waals surface area contributed by atoms with E-state index in [1.165, 1.54) is 12.1 Å². The maximum absolute atomic E-state index is 13.2. The van der Waals surface area contributed by atoms with Gasteiger partial charge in [0.15, 0.2) is 0 Å². The van der Waals surface area contributed by atoms with Crippen molar-refractivity contribution in [2.45, 2.75) is 19.9 Å². The topological polar surface area (TPSA) is 105 Å². The lowest BCUT2D eigenvalue weighted by molar-refractivity contribution is -0.384. The minimum atomic E-state index is -0.749. The molecule has 0 aromatic heterocycles. The molecule has 10 heteroatoms. The summed E-state index contributed by atoms with van der Waals surface area (Å²) in [6.45, 7) is 6.00. The second kappa shape index (κ2) is 10.5. The Kier molecular flexibility index (Phi) is 7.75. The number of rotatable bonds is 7. The molecule has 9 nitrogen and oxygen atoms in total. The number of piperazine rings is 1. The van der Waals surface area contributed by atoms with Crippen LogP contribution in [0.3, 0.4) is 0 Å². The van der Waals surface area contributed by atoms with Gasteiger partial charge in [-0.2, -0.15) is 0 Å². The fourth-order valence-electron chi connectivity index (χ4n) is 3.79. The standard InChI is InChI=1S/C23H27ClN4O5/c1-15(2)21(25-22(29)17-9-8-16(28(31)32)14-18(17)24)23(30)27-12-10-26(11-13-27)19-6-4-5-7-20(19)33-3/h4-9,14-15,21H,10-13H2,1-3H3,(H,25,29)/t21-/m0/s1. The highest BCUT2D eigenvalue weighted by Crippen LogP contribution is 2.28. The lowest BCUT2D eigenvalue weighted by Gasteiger charge is -2.38. The zero-order valence-corrected chi connectivity index (χ0v) is 19.5. The Morgan fingerprint density at radius 2 is 1.79 bits per heavy atom. The summed E-state index contributed by atoms with van der Waals surface area (Å²) in [6, 6.07) is 10.6. The zero-order valence-electron chi connectivity index (χ0n) is 18.8. The first-order valence-corrected chi connectivity index (χ1v) is 11.0. The molecule has 1 aliphatic rings. The van der Waals surface area contributed by atoms with Crippen LogP contribution >= 0.6 is 11.6 Å². The molecule has 0 aliphatic carbocycles. The molecule has 0 bridgehead atoms. The van der Waals surface area contributed by atoms with Gasteiger partial charge in [-0.05, 0) is 24.1 Å². The normalized spacial score (nSPS) is 14.7. The van der Waals surface area contributed by atoms with Crippen molar-refractivity contribution in [3.63, 3.8) is 0 Å². The fraction of sp³-hybridized carbons (Fsp3) is 0.391. The molecule has 0 radical (unpaired) electrons. The molecule has 1 aliphatic heterocycles. The van der Waals surface area contributed by atoms with Crippen LogP contribution in [0.15, 0.2) is 42.5 Å². The molecule has 0 saturated carbocycles. The van der Waals surface area contributed by atoms with E-state index in [-0.39, 0.29) is 28.1 Å². The summed E-state index contributed by atoms with van der Waals surface area (Å²) >= 11 is 6.08. The van der Waals surface area contributed by atoms with Gasteiger partial charge in [0.25, 0.3) is 11.6 Å². The van der Waals surface area contributed by atoms with Crippen LogP contribution in [-0.4, -0.2) is 61.0 Å². The number of nitrogens with one attached hydrogen (secondary N) is 1. The van der Waals surface area contributed by atoms with Crippen LogP contribution in [-0.2, 0) is 4.79 Å². The van der Waals surface area contributed by atoms with E-state index in [2.05, 4.69) is 10.2 Å². The van der Waals surface area contributed by atoms with E-state index < -0.39 is 16.9 Å². The second-order valence-corrected chi connectivity index (χ2v) is 8.51. The van der Waals surface area contributed by atoms with Crippen LogP contribution in [0, 0.1) is 16.0 Å².